The van der Waals surface area contributed by atoms with Gasteiger partial charge in [0, 0.05) is 28.6 Å². The summed E-state index contributed by atoms with van der Waals surface area (Å²) < 4.78 is 11.3. The predicted molar refractivity (Wildman–Crippen MR) is 104 cm³/mol. The maximum absolute atomic E-state index is 6.05. The molecule has 0 atom stereocenters. The van der Waals surface area contributed by atoms with Crippen molar-refractivity contribution in [2.24, 2.45) is 0 Å². The molecule has 0 aliphatic heterocycles. The molecule has 0 aliphatic rings. The second-order valence-electron chi connectivity index (χ2n) is 5.53. The van der Waals surface area contributed by atoms with Crippen LogP contribution in [0.25, 0.3) is 10.9 Å². The first kappa shape index (κ1) is 17.8. The molecular formula is C20H18ClN3O2. The van der Waals surface area contributed by atoms with E-state index < -0.39 is 0 Å². The van der Waals surface area contributed by atoms with Crippen molar-refractivity contribution >= 4 is 34.0 Å². The molecule has 3 rings (SSSR count). The van der Waals surface area contributed by atoms with E-state index in [1.807, 2.05) is 36.4 Å². The summed E-state index contributed by atoms with van der Waals surface area (Å²) in [7, 11) is 1.60. The van der Waals surface area contributed by atoms with Gasteiger partial charge in [-0.2, -0.15) is 0 Å². The molecule has 0 amide bonds. The molecule has 5 nitrogen and oxygen atoms in total. The number of anilines is 2. The Hall–Kier alpha value is -2.97. The molecule has 1 heterocycles. The first-order valence-corrected chi connectivity index (χ1v) is 8.50. The van der Waals surface area contributed by atoms with Crippen LogP contribution in [0.2, 0.25) is 5.02 Å². The van der Waals surface area contributed by atoms with Crippen molar-refractivity contribution in [2.75, 3.05) is 19.0 Å². The van der Waals surface area contributed by atoms with Gasteiger partial charge >= 0.3 is 0 Å². The Balaban J connectivity index is 1.95. The van der Waals surface area contributed by atoms with Crippen LogP contribution in [0.5, 0.6) is 11.5 Å². The summed E-state index contributed by atoms with van der Waals surface area (Å²) in [4.78, 5) is 8.67. The number of halogens is 1. The molecular weight excluding hydrogens is 350 g/mol. The Bertz CT molecular complexity index is 953. The average molecular weight is 368 g/mol. The number of nitrogens with zero attached hydrogens (tertiary/aromatic N) is 2. The molecule has 6 heteroatoms. The Morgan fingerprint density at radius 1 is 1.19 bits per heavy atom. The molecule has 132 valence electrons. The van der Waals surface area contributed by atoms with E-state index >= 15 is 0 Å². The smallest absolute Gasteiger partial charge is 0.162 e. The van der Waals surface area contributed by atoms with Crippen LogP contribution < -0.4 is 14.8 Å². The normalized spacial score (nSPS) is 10.3. The van der Waals surface area contributed by atoms with Crippen molar-refractivity contribution in [1.29, 1.82) is 0 Å². The minimum absolute atomic E-state index is 0.511. The number of rotatable bonds is 7. The van der Waals surface area contributed by atoms with Gasteiger partial charge in [-0.1, -0.05) is 17.7 Å². The number of aromatic nitrogens is 2. The first-order valence-electron chi connectivity index (χ1n) is 8.13. The van der Waals surface area contributed by atoms with Crippen LogP contribution in [0, 0.1) is 12.3 Å². The Morgan fingerprint density at radius 3 is 2.85 bits per heavy atom. The van der Waals surface area contributed by atoms with Crippen LogP contribution in [-0.2, 0) is 0 Å². The molecule has 0 aliphatic carbocycles. The van der Waals surface area contributed by atoms with Crippen LogP contribution in [0.15, 0.2) is 42.7 Å². The van der Waals surface area contributed by atoms with Crippen LogP contribution >= 0.6 is 11.6 Å². The largest absolute Gasteiger partial charge is 0.493 e. The number of ether oxygens (including phenoxy) is 2. The number of unbranched alkanes of at least 4 members (excludes halogenated alkanes) is 1. The van der Waals surface area contributed by atoms with E-state index in [9.17, 15) is 0 Å². The number of nitrogens with one attached hydrogen (secondary N) is 1. The SMILES string of the molecule is C#CCCCOc1cc2c(Nc3cccc(Cl)c3)ncnc2cc1OC. The summed E-state index contributed by atoms with van der Waals surface area (Å²) >= 11 is 6.05. The highest BCUT2D eigenvalue weighted by molar-refractivity contribution is 6.30. The maximum atomic E-state index is 6.05. The molecule has 2 aromatic carbocycles. The molecule has 3 aromatic rings. The van der Waals surface area contributed by atoms with Crippen LogP contribution in [0.1, 0.15) is 12.8 Å². The highest BCUT2D eigenvalue weighted by Crippen LogP contribution is 2.35. The van der Waals surface area contributed by atoms with Crippen LogP contribution in [0.4, 0.5) is 11.5 Å². The van der Waals surface area contributed by atoms with Gasteiger partial charge < -0.3 is 14.8 Å². The summed E-state index contributed by atoms with van der Waals surface area (Å²) in [5.41, 5.74) is 1.59. The summed E-state index contributed by atoms with van der Waals surface area (Å²) in [6.07, 6.45) is 8.22. The second kappa shape index (κ2) is 8.41. The Kier molecular flexibility index (Phi) is 5.77. The molecule has 26 heavy (non-hydrogen) atoms. The minimum atomic E-state index is 0.511. The van der Waals surface area contributed by atoms with Gasteiger partial charge in [-0.25, -0.2) is 9.97 Å². The van der Waals surface area contributed by atoms with Crippen molar-refractivity contribution < 1.29 is 9.47 Å². The van der Waals surface area contributed by atoms with E-state index in [1.165, 1.54) is 6.33 Å². The zero-order valence-electron chi connectivity index (χ0n) is 14.3. The summed E-state index contributed by atoms with van der Waals surface area (Å²) in [6, 6.07) is 11.1. The lowest BCUT2D eigenvalue weighted by molar-refractivity contribution is 0.291. The lowest BCUT2D eigenvalue weighted by Crippen LogP contribution is -2.01. The summed E-state index contributed by atoms with van der Waals surface area (Å²) in [5, 5.41) is 4.74. The van der Waals surface area contributed by atoms with E-state index in [0.29, 0.717) is 35.4 Å². The molecule has 0 spiro atoms. The number of hydrogen-bond donors (Lipinski definition) is 1. The Morgan fingerprint density at radius 2 is 2.08 bits per heavy atom. The van der Waals surface area contributed by atoms with Gasteiger partial charge in [0.2, 0.25) is 0 Å². The number of fused-ring (bicyclic) bond motifs is 1. The first-order chi connectivity index (χ1) is 12.7. The van der Waals surface area contributed by atoms with Crippen molar-refractivity contribution in [3.8, 4) is 23.8 Å². The number of terminal acetylenes is 1. The van der Waals surface area contributed by atoms with Gasteiger partial charge in [-0.3, -0.25) is 0 Å². The molecule has 0 fully saturated rings. The fraction of sp³-hybridized carbons (Fsp3) is 0.200. The van der Waals surface area contributed by atoms with Crippen LogP contribution in [-0.4, -0.2) is 23.7 Å². The number of benzene rings is 2. The molecule has 0 saturated heterocycles. The highest BCUT2D eigenvalue weighted by atomic mass is 35.5. The van der Waals surface area contributed by atoms with Crippen LogP contribution in [0.3, 0.4) is 0 Å². The second-order valence-corrected chi connectivity index (χ2v) is 5.97. The lowest BCUT2D eigenvalue weighted by atomic mass is 10.2. The monoisotopic (exact) mass is 367 g/mol. The third kappa shape index (κ3) is 4.16. The standard InChI is InChI=1S/C20H18ClN3O2/c1-3-4-5-9-26-19-11-16-17(12-18(19)25-2)22-13-23-20(16)24-15-8-6-7-14(21)10-15/h1,6-8,10-13H,4-5,9H2,2H3,(H,22,23,24). The molecule has 1 N–H and O–H groups in total. The van der Waals surface area contributed by atoms with E-state index in [2.05, 4.69) is 21.2 Å². The van der Waals surface area contributed by atoms with Crippen molar-refractivity contribution in [2.45, 2.75) is 12.8 Å². The fourth-order valence-electron chi connectivity index (χ4n) is 2.50. The van der Waals surface area contributed by atoms with E-state index in [4.69, 9.17) is 27.5 Å². The minimum Gasteiger partial charge on any atom is -0.493 e. The lowest BCUT2D eigenvalue weighted by Gasteiger charge is -2.13. The molecule has 0 radical (unpaired) electrons. The van der Waals surface area contributed by atoms with Crippen molar-refractivity contribution in [1.82, 2.24) is 9.97 Å². The number of methoxy groups -OCH3 is 1. The molecule has 0 unspecified atom stereocenters. The van der Waals surface area contributed by atoms with E-state index in [0.717, 1.165) is 23.0 Å². The molecule has 0 saturated carbocycles. The van der Waals surface area contributed by atoms with Gasteiger partial charge in [0.1, 0.15) is 12.1 Å². The quantitative estimate of drug-likeness (QED) is 0.479. The average Bonchev–Trinajstić information content (AvgIpc) is 2.65. The zero-order chi connectivity index (χ0) is 18.4. The fourth-order valence-corrected chi connectivity index (χ4v) is 2.69. The topological polar surface area (TPSA) is 56.3 Å². The van der Waals surface area contributed by atoms with E-state index in [-0.39, 0.29) is 0 Å². The van der Waals surface area contributed by atoms with Gasteiger partial charge in [0.25, 0.3) is 0 Å². The third-order valence-corrected chi connectivity index (χ3v) is 3.97. The van der Waals surface area contributed by atoms with Gasteiger partial charge in [-0.05, 0) is 30.7 Å². The Labute approximate surface area is 157 Å². The van der Waals surface area contributed by atoms with Crippen molar-refractivity contribution in [3.63, 3.8) is 0 Å². The predicted octanol–water partition coefficient (Wildman–Crippen LogP) is 4.83. The van der Waals surface area contributed by atoms with E-state index in [1.54, 1.807) is 7.11 Å². The maximum Gasteiger partial charge on any atom is 0.162 e. The summed E-state index contributed by atoms with van der Waals surface area (Å²) in [6.45, 7) is 0.511. The van der Waals surface area contributed by atoms with Gasteiger partial charge in [-0.15, -0.1) is 12.3 Å². The molecule has 1 aromatic heterocycles. The molecule has 0 bridgehead atoms. The van der Waals surface area contributed by atoms with Gasteiger partial charge in [0.05, 0.1) is 19.2 Å². The highest BCUT2D eigenvalue weighted by Gasteiger charge is 2.12. The summed E-state index contributed by atoms with van der Waals surface area (Å²) in [5.74, 6) is 4.50. The third-order valence-electron chi connectivity index (χ3n) is 3.73. The number of hydrogen-bond acceptors (Lipinski definition) is 5. The zero-order valence-corrected chi connectivity index (χ0v) is 15.1. The van der Waals surface area contributed by atoms with Gasteiger partial charge in [0.15, 0.2) is 11.5 Å². The van der Waals surface area contributed by atoms with Crippen molar-refractivity contribution in [3.05, 3.63) is 47.7 Å².